The molecule has 0 aromatic carbocycles. The number of nitrogens with one attached hydrogen (secondary N) is 1. The van der Waals surface area contributed by atoms with Crippen LogP contribution in [0.4, 0.5) is 0 Å². The molecule has 0 unspecified atom stereocenters. The van der Waals surface area contributed by atoms with E-state index in [2.05, 4.69) is 15.5 Å². The minimum absolute atomic E-state index is 1.05. The molecular formula is C8H15N3S. The molecule has 0 fully saturated rings. The molecule has 0 atom stereocenters. The number of hydrazone groups is 1. The zero-order chi connectivity index (χ0) is 8.49. The summed E-state index contributed by atoms with van der Waals surface area (Å²) in [4.78, 5) is 4.02. The van der Waals surface area contributed by atoms with E-state index >= 15 is 0 Å². The lowest BCUT2D eigenvalue weighted by molar-refractivity contribution is 0.671. The van der Waals surface area contributed by atoms with Crippen molar-refractivity contribution in [3.63, 3.8) is 0 Å². The Hall–Kier alpha value is -0.510. The minimum atomic E-state index is 1.05. The summed E-state index contributed by atoms with van der Waals surface area (Å²) in [6.45, 7) is 2.10. The van der Waals surface area contributed by atoms with Crippen LogP contribution < -0.4 is 5.43 Å². The molecule has 4 heteroatoms. The summed E-state index contributed by atoms with van der Waals surface area (Å²) in [5.74, 6) is 1.27. The molecule has 2 rings (SSSR count). The van der Waals surface area contributed by atoms with Crippen molar-refractivity contribution < 1.29 is 0 Å². The summed E-state index contributed by atoms with van der Waals surface area (Å²) in [5.41, 5.74) is 4.79. The van der Waals surface area contributed by atoms with Gasteiger partial charge < -0.3 is 5.43 Å². The van der Waals surface area contributed by atoms with Crippen LogP contribution in [0.15, 0.2) is 10.1 Å². The molecule has 12 heavy (non-hydrogen) atoms. The first-order valence-corrected chi connectivity index (χ1v) is 5.39. The van der Waals surface area contributed by atoms with Gasteiger partial charge in [0.05, 0.1) is 5.55 Å². The predicted molar refractivity (Wildman–Crippen MR) is 56.2 cm³/mol. The van der Waals surface area contributed by atoms with Crippen LogP contribution >= 0.6 is 11.8 Å². The van der Waals surface area contributed by atoms with Crippen LogP contribution in [0.3, 0.4) is 0 Å². The molecule has 0 aromatic heterocycles. The molecule has 0 saturated heterocycles. The van der Waals surface area contributed by atoms with E-state index in [1.165, 1.54) is 18.6 Å². The highest BCUT2D eigenvalue weighted by molar-refractivity contribution is 8.12. The maximum absolute atomic E-state index is 4.02. The Bertz CT molecular complexity index is 122. The zero-order valence-electron chi connectivity index (χ0n) is 7.20. The van der Waals surface area contributed by atoms with E-state index in [0.717, 1.165) is 19.5 Å². The van der Waals surface area contributed by atoms with Gasteiger partial charge in [-0.3, -0.25) is 4.99 Å². The highest BCUT2D eigenvalue weighted by atomic mass is 32.2. The molecule has 68 valence electrons. The van der Waals surface area contributed by atoms with Crippen molar-refractivity contribution in [3.05, 3.63) is 0 Å². The van der Waals surface area contributed by atoms with E-state index in [9.17, 15) is 0 Å². The largest absolute Gasteiger partial charge is 0.310 e. The van der Waals surface area contributed by atoms with Crippen molar-refractivity contribution in [1.29, 1.82) is 0 Å². The fourth-order valence-corrected chi connectivity index (χ4v) is 1.48. The molecule has 2 aliphatic heterocycles. The van der Waals surface area contributed by atoms with E-state index < -0.39 is 0 Å². The predicted octanol–water partition coefficient (Wildman–Crippen LogP) is 1.51. The summed E-state index contributed by atoms with van der Waals surface area (Å²) in [5, 5.41) is 3.80. The Morgan fingerprint density at radius 2 is 2.33 bits per heavy atom. The van der Waals surface area contributed by atoms with Crippen LogP contribution in [0.5, 0.6) is 0 Å². The number of aliphatic imine (C=N–C) groups is 1. The van der Waals surface area contributed by atoms with Gasteiger partial charge in [0.2, 0.25) is 0 Å². The first-order valence-electron chi connectivity index (χ1n) is 4.34. The lowest BCUT2D eigenvalue weighted by Gasteiger charge is -2.01. The quantitative estimate of drug-likeness (QED) is 0.621. The average molecular weight is 185 g/mol. The molecule has 2 aliphatic rings. The summed E-state index contributed by atoms with van der Waals surface area (Å²) in [7, 11) is 0. The third-order valence-corrected chi connectivity index (χ3v) is 2.33. The highest BCUT2D eigenvalue weighted by Gasteiger charge is 1.88. The summed E-state index contributed by atoms with van der Waals surface area (Å²) >= 11 is 1.80. The van der Waals surface area contributed by atoms with Crippen molar-refractivity contribution in [3.8, 4) is 0 Å². The molecule has 0 amide bonds. The second-order valence-corrected chi connectivity index (χ2v) is 3.55. The van der Waals surface area contributed by atoms with Crippen molar-refractivity contribution in [2.24, 2.45) is 10.1 Å². The van der Waals surface area contributed by atoms with E-state index in [4.69, 9.17) is 0 Å². The van der Waals surface area contributed by atoms with Gasteiger partial charge in [-0.2, -0.15) is 5.10 Å². The number of hydrogen-bond acceptors (Lipinski definition) is 4. The van der Waals surface area contributed by atoms with Gasteiger partial charge in [-0.1, -0.05) is 0 Å². The fourth-order valence-electron chi connectivity index (χ4n) is 0.863. The molecule has 0 aliphatic carbocycles. The Kier molecular flexibility index (Phi) is 5.71. The van der Waals surface area contributed by atoms with Gasteiger partial charge in [0, 0.05) is 25.1 Å². The summed E-state index contributed by atoms with van der Waals surface area (Å²) in [6.07, 6.45) is 5.56. The number of rotatable bonds is 0. The van der Waals surface area contributed by atoms with Crippen LogP contribution in [0.1, 0.15) is 19.3 Å². The van der Waals surface area contributed by atoms with Gasteiger partial charge in [0.25, 0.3) is 0 Å². The zero-order valence-corrected chi connectivity index (χ0v) is 8.02. The second-order valence-electron chi connectivity index (χ2n) is 2.60. The van der Waals surface area contributed by atoms with Crippen molar-refractivity contribution in [1.82, 2.24) is 5.43 Å². The van der Waals surface area contributed by atoms with Gasteiger partial charge >= 0.3 is 0 Å². The van der Waals surface area contributed by atoms with E-state index in [1.54, 1.807) is 11.8 Å². The van der Waals surface area contributed by atoms with Crippen molar-refractivity contribution in [2.45, 2.75) is 19.3 Å². The number of hydrogen-bond donors (Lipinski definition) is 1. The highest BCUT2D eigenvalue weighted by Crippen LogP contribution is 2.02. The van der Waals surface area contributed by atoms with Crippen LogP contribution in [0.2, 0.25) is 0 Å². The molecule has 0 aromatic rings. The van der Waals surface area contributed by atoms with Gasteiger partial charge in [-0.15, -0.1) is 11.8 Å². The van der Waals surface area contributed by atoms with Gasteiger partial charge in [-0.25, -0.2) is 0 Å². The van der Waals surface area contributed by atoms with Crippen molar-refractivity contribution >= 4 is 23.5 Å². The molecule has 1 N–H and O–H groups in total. The fraction of sp³-hybridized carbons (Fsp3) is 0.750. The maximum Gasteiger partial charge on any atom is 0.0541 e. The Morgan fingerprint density at radius 1 is 1.33 bits per heavy atom. The molecule has 0 radical (unpaired) electrons. The first kappa shape index (κ1) is 9.58. The number of nitrogens with zero attached hydrogens (tertiary/aromatic N) is 2. The monoisotopic (exact) mass is 185 g/mol. The number of thioether (sulfide) groups is 1. The van der Waals surface area contributed by atoms with E-state index in [1.807, 2.05) is 11.8 Å². The first-order chi connectivity index (χ1) is 6.00. The Labute approximate surface area is 77.7 Å². The standard InChI is InChI=1S/C4H8N2.C4H7NS/c1-2-4-6-5-3-1;1-2-5-4-6-3-1/h3,6H,1-2,4H2;4H,1-3H2. The van der Waals surface area contributed by atoms with Crippen LogP contribution in [-0.4, -0.2) is 30.6 Å². The lowest BCUT2D eigenvalue weighted by Crippen LogP contribution is -2.11. The van der Waals surface area contributed by atoms with Gasteiger partial charge in [0.1, 0.15) is 0 Å². The van der Waals surface area contributed by atoms with Gasteiger partial charge in [0.15, 0.2) is 0 Å². The smallest absolute Gasteiger partial charge is 0.0541 e. The van der Waals surface area contributed by atoms with Gasteiger partial charge in [-0.05, 0) is 19.3 Å². The molecule has 0 bridgehead atoms. The normalized spacial score (nSPS) is 20.7. The lowest BCUT2D eigenvalue weighted by atomic mass is 10.3. The van der Waals surface area contributed by atoms with E-state index in [0.29, 0.717) is 0 Å². The summed E-state index contributed by atoms with van der Waals surface area (Å²) in [6, 6.07) is 0. The second kappa shape index (κ2) is 7.16. The van der Waals surface area contributed by atoms with Crippen LogP contribution in [0, 0.1) is 0 Å². The third-order valence-electron chi connectivity index (χ3n) is 1.50. The molecule has 2 heterocycles. The van der Waals surface area contributed by atoms with Crippen LogP contribution in [-0.2, 0) is 0 Å². The summed E-state index contributed by atoms with van der Waals surface area (Å²) < 4.78 is 0. The Balaban J connectivity index is 0.000000120. The van der Waals surface area contributed by atoms with Crippen molar-refractivity contribution in [2.75, 3.05) is 18.8 Å². The molecule has 0 spiro atoms. The maximum atomic E-state index is 4.02. The molecular weight excluding hydrogens is 170 g/mol. The van der Waals surface area contributed by atoms with E-state index in [-0.39, 0.29) is 0 Å². The minimum Gasteiger partial charge on any atom is -0.310 e. The topological polar surface area (TPSA) is 36.8 Å². The van der Waals surface area contributed by atoms with Crippen LogP contribution in [0.25, 0.3) is 0 Å². The SMILES string of the molecule is C1=NCCCS1.C1=NNCCC1. The average Bonchev–Trinajstić information content (AvgIpc) is 2.24. The molecule has 0 saturated carbocycles. The molecule has 3 nitrogen and oxygen atoms in total. The third kappa shape index (κ3) is 5.18. The Morgan fingerprint density at radius 3 is 2.50 bits per heavy atom.